The molecule has 0 aromatic carbocycles. The Morgan fingerprint density at radius 3 is 3.06 bits per heavy atom. The molecule has 90 valence electrons. The van der Waals surface area contributed by atoms with Crippen LogP contribution in [0.2, 0.25) is 0 Å². The lowest BCUT2D eigenvalue weighted by Crippen LogP contribution is -2.49. The van der Waals surface area contributed by atoms with Crippen LogP contribution < -0.4 is 21.9 Å². The number of thiocarbonyl (C=S) groups is 1. The minimum absolute atomic E-state index is 0.0994. The molecule has 7 heteroatoms. The molecule has 6 nitrogen and oxygen atoms in total. The molecule has 1 aromatic heterocycles. The number of amides is 1. The third kappa shape index (κ3) is 2.76. The summed E-state index contributed by atoms with van der Waals surface area (Å²) in [5.41, 5.74) is 11.8. The number of carbonyl (C=O) groups is 1. The topological polar surface area (TPSA) is 92.1 Å². The zero-order valence-corrected chi connectivity index (χ0v) is 9.83. The van der Waals surface area contributed by atoms with E-state index in [-0.39, 0.29) is 18.0 Å². The second kappa shape index (κ2) is 5.17. The van der Waals surface area contributed by atoms with Crippen molar-refractivity contribution in [1.29, 1.82) is 0 Å². The number of nitrogens with one attached hydrogen (secondary N) is 3. The number of rotatable bonds is 3. The third-order valence-electron chi connectivity index (χ3n) is 2.53. The fraction of sp³-hybridized carbons (Fsp3) is 0.300. The third-order valence-corrected chi connectivity index (χ3v) is 2.83. The summed E-state index contributed by atoms with van der Waals surface area (Å²) in [5.74, 6) is -0.356. The highest BCUT2D eigenvalue weighted by atomic mass is 32.1. The number of hydrogen-bond donors (Lipinski definition) is 4. The van der Waals surface area contributed by atoms with Crippen molar-refractivity contribution in [2.24, 2.45) is 11.7 Å². The summed E-state index contributed by atoms with van der Waals surface area (Å²) in [6.45, 7) is 0.600. The minimum atomic E-state index is -0.304. The Bertz CT molecular complexity index is 424. The van der Waals surface area contributed by atoms with Gasteiger partial charge in [0.05, 0.1) is 10.9 Å². The second-order valence-electron chi connectivity index (χ2n) is 3.70. The van der Waals surface area contributed by atoms with E-state index >= 15 is 0 Å². The summed E-state index contributed by atoms with van der Waals surface area (Å²) in [7, 11) is 0. The van der Waals surface area contributed by atoms with Crippen molar-refractivity contribution >= 4 is 23.1 Å². The molecule has 5 N–H and O–H groups in total. The van der Waals surface area contributed by atoms with Crippen molar-refractivity contribution in [3.8, 4) is 0 Å². The lowest BCUT2D eigenvalue weighted by Gasteiger charge is -2.18. The zero-order chi connectivity index (χ0) is 12.3. The fourth-order valence-corrected chi connectivity index (χ4v) is 1.83. The molecule has 1 amide bonds. The highest BCUT2D eigenvalue weighted by Gasteiger charge is 2.30. The van der Waals surface area contributed by atoms with Crippen LogP contribution in [0.15, 0.2) is 24.4 Å². The molecule has 2 rings (SSSR count). The predicted molar refractivity (Wildman–Crippen MR) is 66.9 cm³/mol. The van der Waals surface area contributed by atoms with Crippen molar-refractivity contribution in [2.45, 2.75) is 6.17 Å². The molecule has 2 heterocycles. The Morgan fingerprint density at radius 2 is 2.41 bits per heavy atom. The van der Waals surface area contributed by atoms with E-state index in [1.165, 1.54) is 0 Å². The van der Waals surface area contributed by atoms with E-state index in [4.69, 9.17) is 18.0 Å². The van der Waals surface area contributed by atoms with E-state index in [0.717, 1.165) is 0 Å². The zero-order valence-electron chi connectivity index (χ0n) is 9.01. The van der Waals surface area contributed by atoms with E-state index < -0.39 is 0 Å². The van der Waals surface area contributed by atoms with Gasteiger partial charge < -0.3 is 11.1 Å². The summed E-state index contributed by atoms with van der Waals surface area (Å²) in [6.07, 6.45) is 1.27. The first-order chi connectivity index (χ1) is 8.18. The maximum atomic E-state index is 11.8. The summed E-state index contributed by atoms with van der Waals surface area (Å²) < 4.78 is 0. The van der Waals surface area contributed by atoms with Crippen LogP contribution in [0, 0.1) is 5.92 Å². The molecular weight excluding hydrogens is 238 g/mol. The van der Waals surface area contributed by atoms with Crippen molar-refractivity contribution in [3.63, 3.8) is 0 Å². The molecule has 2 atom stereocenters. The number of aromatic nitrogens is 1. The van der Waals surface area contributed by atoms with Crippen LogP contribution >= 0.6 is 12.2 Å². The van der Waals surface area contributed by atoms with Crippen LogP contribution in [0.3, 0.4) is 0 Å². The molecule has 17 heavy (non-hydrogen) atoms. The normalized spacial score (nSPS) is 23.3. The summed E-state index contributed by atoms with van der Waals surface area (Å²) in [5, 5.41) is 2.78. The lowest BCUT2D eigenvalue weighted by molar-refractivity contribution is 0.0923. The van der Waals surface area contributed by atoms with E-state index in [9.17, 15) is 4.79 Å². The number of carbonyl (C=O) groups excluding carboxylic acids is 1. The molecule has 1 aromatic rings. The average Bonchev–Trinajstić information content (AvgIpc) is 2.78. The Morgan fingerprint density at radius 1 is 1.59 bits per heavy atom. The van der Waals surface area contributed by atoms with Crippen molar-refractivity contribution < 1.29 is 4.79 Å². The number of nitrogens with two attached hydrogens (primary N) is 1. The van der Waals surface area contributed by atoms with Gasteiger partial charge in [0.2, 0.25) is 0 Å². The summed E-state index contributed by atoms with van der Waals surface area (Å²) >= 11 is 4.93. The van der Waals surface area contributed by atoms with Gasteiger partial charge in [-0.1, -0.05) is 18.3 Å². The Hall–Kier alpha value is -1.57. The number of hydrogen-bond acceptors (Lipinski definition) is 5. The van der Waals surface area contributed by atoms with Gasteiger partial charge in [-0.15, -0.1) is 0 Å². The Labute approximate surface area is 104 Å². The predicted octanol–water partition coefficient (Wildman–Crippen LogP) is -0.852. The van der Waals surface area contributed by atoms with Crippen LogP contribution in [0.5, 0.6) is 0 Å². The Kier molecular flexibility index (Phi) is 3.62. The highest BCUT2D eigenvalue weighted by molar-refractivity contribution is 7.80. The van der Waals surface area contributed by atoms with Gasteiger partial charge in [-0.3, -0.25) is 15.2 Å². The summed E-state index contributed by atoms with van der Waals surface area (Å²) in [6, 6.07) is 5.16. The maximum absolute atomic E-state index is 11.8. The molecule has 0 radical (unpaired) electrons. The van der Waals surface area contributed by atoms with Crippen LogP contribution in [0.1, 0.15) is 10.5 Å². The average molecular weight is 251 g/mol. The van der Waals surface area contributed by atoms with E-state index in [1.807, 2.05) is 0 Å². The van der Waals surface area contributed by atoms with E-state index in [1.54, 1.807) is 24.4 Å². The van der Waals surface area contributed by atoms with Gasteiger partial charge in [0.15, 0.2) is 0 Å². The van der Waals surface area contributed by atoms with Crippen LogP contribution in [0.25, 0.3) is 0 Å². The molecule has 0 saturated carbocycles. The molecule has 0 bridgehead atoms. The second-order valence-corrected chi connectivity index (χ2v) is 4.17. The number of pyridine rings is 1. The summed E-state index contributed by atoms with van der Waals surface area (Å²) in [4.78, 5) is 16.2. The largest absolute Gasteiger partial charge is 0.393 e. The first-order valence-corrected chi connectivity index (χ1v) is 5.59. The van der Waals surface area contributed by atoms with Gasteiger partial charge in [-0.25, -0.2) is 5.43 Å². The van der Waals surface area contributed by atoms with Crippen LogP contribution in [-0.4, -0.2) is 28.6 Å². The standard InChI is InChI=1S/C10H13N5OS/c11-8(17)6-5-13-15-9(6)14-10(16)7-3-1-2-4-12-7/h1-4,6,9,13,15H,5H2,(H2,11,17)(H,14,16). The van der Waals surface area contributed by atoms with Crippen molar-refractivity contribution in [2.75, 3.05) is 6.54 Å². The smallest absolute Gasteiger partial charge is 0.271 e. The molecular formula is C10H13N5OS. The van der Waals surface area contributed by atoms with Gasteiger partial charge in [0.1, 0.15) is 11.9 Å². The molecule has 0 aliphatic carbocycles. The molecule has 1 aliphatic rings. The monoisotopic (exact) mass is 251 g/mol. The Balaban J connectivity index is 2.02. The molecule has 1 saturated heterocycles. The quantitative estimate of drug-likeness (QED) is 0.523. The molecule has 1 aliphatic heterocycles. The van der Waals surface area contributed by atoms with Gasteiger partial charge >= 0.3 is 0 Å². The van der Waals surface area contributed by atoms with Gasteiger partial charge in [-0.05, 0) is 12.1 Å². The van der Waals surface area contributed by atoms with Gasteiger partial charge in [0, 0.05) is 12.7 Å². The fourth-order valence-electron chi connectivity index (χ4n) is 1.61. The van der Waals surface area contributed by atoms with Gasteiger partial charge in [0.25, 0.3) is 5.91 Å². The van der Waals surface area contributed by atoms with Crippen LogP contribution in [-0.2, 0) is 0 Å². The van der Waals surface area contributed by atoms with E-state index in [2.05, 4.69) is 21.2 Å². The highest BCUT2D eigenvalue weighted by Crippen LogP contribution is 2.06. The molecule has 1 fully saturated rings. The first-order valence-electron chi connectivity index (χ1n) is 5.18. The SMILES string of the molecule is NC(=S)C1CNNC1NC(=O)c1ccccn1. The number of nitrogens with zero attached hydrogens (tertiary/aromatic N) is 1. The molecule has 0 spiro atoms. The maximum Gasteiger partial charge on any atom is 0.271 e. The number of hydrazine groups is 1. The van der Waals surface area contributed by atoms with Crippen molar-refractivity contribution in [1.82, 2.24) is 21.2 Å². The van der Waals surface area contributed by atoms with E-state index in [0.29, 0.717) is 17.2 Å². The lowest BCUT2D eigenvalue weighted by atomic mass is 10.1. The van der Waals surface area contributed by atoms with Crippen LogP contribution in [0.4, 0.5) is 0 Å². The van der Waals surface area contributed by atoms with Crippen molar-refractivity contribution in [3.05, 3.63) is 30.1 Å². The molecule has 2 unspecified atom stereocenters. The first kappa shape index (κ1) is 11.9. The van der Waals surface area contributed by atoms with Gasteiger partial charge in [-0.2, -0.15) is 0 Å². The minimum Gasteiger partial charge on any atom is -0.393 e.